The van der Waals surface area contributed by atoms with Crippen molar-refractivity contribution >= 4 is 0 Å². The van der Waals surface area contributed by atoms with Gasteiger partial charge in [-0.2, -0.15) is 4.39 Å². The van der Waals surface area contributed by atoms with Crippen molar-refractivity contribution < 1.29 is 13.9 Å². The number of nitrogens with one attached hydrogen (secondary N) is 1. The van der Waals surface area contributed by atoms with E-state index in [1.165, 1.54) is 6.20 Å². The Bertz CT molecular complexity index is 709. The summed E-state index contributed by atoms with van der Waals surface area (Å²) in [4.78, 5) is 3.66. The molecule has 21 heavy (non-hydrogen) atoms. The highest BCUT2D eigenvalue weighted by Crippen LogP contribution is 2.49. The molecule has 1 fully saturated rings. The van der Waals surface area contributed by atoms with Crippen LogP contribution < -0.4 is 15.8 Å². The van der Waals surface area contributed by atoms with Crippen LogP contribution in [0.25, 0.3) is 0 Å². The van der Waals surface area contributed by atoms with Gasteiger partial charge in [0.2, 0.25) is 0 Å². The fourth-order valence-electron chi connectivity index (χ4n) is 3.03. The minimum atomic E-state index is -0.856. The van der Waals surface area contributed by atoms with Gasteiger partial charge in [-0.1, -0.05) is 18.2 Å². The zero-order valence-corrected chi connectivity index (χ0v) is 11.2. The molecule has 1 spiro atoms. The van der Waals surface area contributed by atoms with Crippen LogP contribution in [0.3, 0.4) is 0 Å². The molecule has 5 nitrogen and oxygen atoms in total. The molecule has 2 aliphatic heterocycles. The summed E-state index contributed by atoms with van der Waals surface area (Å²) >= 11 is 0. The summed E-state index contributed by atoms with van der Waals surface area (Å²) in [5.41, 5.74) is 6.55. The molecule has 1 aromatic heterocycles. The maximum Gasteiger partial charge on any atom is 0.256 e. The number of aromatic nitrogens is 1. The molecule has 3 heterocycles. The molecule has 2 aliphatic rings. The molecule has 0 radical (unpaired) electrons. The first-order valence-corrected chi connectivity index (χ1v) is 6.77. The van der Waals surface area contributed by atoms with Crippen molar-refractivity contribution in [1.29, 1.82) is 0 Å². The normalized spacial score (nSPS) is 26.9. The number of hydrogen-bond donors (Lipinski definition) is 2. The third kappa shape index (κ3) is 1.77. The van der Waals surface area contributed by atoms with E-state index in [0.29, 0.717) is 24.4 Å². The summed E-state index contributed by atoms with van der Waals surface area (Å²) in [7, 11) is 0. The predicted octanol–water partition coefficient (Wildman–Crippen LogP) is 1.47. The summed E-state index contributed by atoms with van der Waals surface area (Å²) in [6.45, 7) is 1.05. The lowest BCUT2D eigenvalue weighted by atomic mass is 9.82. The average Bonchev–Trinajstić information content (AvgIpc) is 2.49. The molecule has 4 rings (SSSR count). The molecular formula is C15H14FN3O2. The van der Waals surface area contributed by atoms with Crippen LogP contribution in [0.5, 0.6) is 11.5 Å². The summed E-state index contributed by atoms with van der Waals surface area (Å²) in [5.74, 6) is 0.0176. The fraction of sp³-hybridized carbons (Fsp3) is 0.267. The highest BCUT2D eigenvalue weighted by molar-refractivity contribution is 5.56. The van der Waals surface area contributed by atoms with Crippen LogP contribution in [-0.4, -0.2) is 24.3 Å². The number of halogens is 1. The molecule has 6 heteroatoms. The van der Waals surface area contributed by atoms with Gasteiger partial charge < -0.3 is 20.5 Å². The van der Waals surface area contributed by atoms with Crippen molar-refractivity contribution in [3.63, 3.8) is 0 Å². The molecule has 2 unspecified atom stereocenters. The van der Waals surface area contributed by atoms with E-state index in [1.54, 1.807) is 12.1 Å². The number of para-hydroxylation sites is 1. The third-order valence-electron chi connectivity index (χ3n) is 3.90. The Hall–Kier alpha value is -2.02. The Balaban J connectivity index is 1.99. The molecule has 1 aromatic carbocycles. The fourth-order valence-corrected chi connectivity index (χ4v) is 3.03. The van der Waals surface area contributed by atoms with E-state index in [-0.39, 0.29) is 5.75 Å². The number of nitrogens with two attached hydrogens (primary N) is 1. The summed E-state index contributed by atoms with van der Waals surface area (Å²) in [6, 6.07) is 9.15. The standard InChI is InChI=1S/C15H14FN3O2/c16-14-13-10(5-6-19-14)15(8-18-7-12(17)21-15)9-3-1-2-4-11(9)20-13/h1-6,12,18H,7-8,17H2. The van der Waals surface area contributed by atoms with Gasteiger partial charge in [0.25, 0.3) is 5.95 Å². The number of benzene rings is 1. The van der Waals surface area contributed by atoms with Gasteiger partial charge in [-0.3, -0.25) is 0 Å². The smallest absolute Gasteiger partial charge is 0.256 e. The number of nitrogens with zero attached hydrogens (tertiary/aromatic N) is 1. The topological polar surface area (TPSA) is 69.4 Å². The molecule has 2 aromatic rings. The minimum absolute atomic E-state index is 0.104. The predicted molar refractivity (Wildman–Crippen MR) is 73.4 cm³/mol. The molecule has 0 bridgehead atoms. The number of fused-ring (bicyclic) bond motifs is 4. The Labute approximate surface area is 120 Å². The van der Waals surface area contributed by atoms with Crippen LogP contribution in [0.1, 0.15) is 11.1 Å². The van der Waals surface area contributed by atoms with Crippen LogP contribution in [0.4, 0.5) is 4.39 Å². The minimum Gasteiger partial charge on any atom is -0.452 e. The van der Waals surface area contributed by atoms with Crippen LogP contribution in [0, 0.1) is 5.95 Å². The Kier molecular flexibility index (Phi) is 2.72. The van der Waals surface area contributed by atoms with Crippen molar-refractivity contribution in [3.05, 3.63) is 53.6 Å². The quantitative estimate of drug-likeness (QED) is 0.718. The molecule has 3 N–H and O–H groups in total. The van der Waals surface area contributed by atoms with Crippen molar-refractivity contribution in [2.75, 3.05) is 13.1 Å². The van der Waals surface area contributed by atoms with Crippen LogP contribution in [0.15, 0.2) is 36.5 Å². The Morgan fingerprint density at radius 2 is 2.14 bits per heavy atom. The first kappa shape index (κ1) is 12.7. The zero-order valence-electron chi connectivity index (χ0n) is 11.2. The second-order valence-electron chi connectivity index (χ2n) is 5.19. The van der Waals surface area contributed by atoms with E-state index in [0.717, 1.165) is 5.56 Å². The number of hydrogen-bond acceptors (Lipinski definition) is 5. The molecule has 108 valence electrons. The van der Waals surface area contributed by atoms with Crippen LogP contribution in [-0.2, 0) is 10.3 Å². The highest BCUT2D eigenvalue weighted by atomic mass is 19.1. The number of rotatable bonds is 0. The second-order valence-corrected chi connectivity index (χ2v) is 5.19. The average molecular weight is 287 g/mol. The maximum absolute atomic E-state index is 14.1. The van der Waals surface area contributed by atoms with Crippen LogP contribution in [0.2, 0.25) is 0 Å². The Morgan fingerprint density at radius 3 is 3.00 bits per heavy atom. The zero-order chi connectivity index (χ0) is 14.4. The van der Waals surface area contributed by atoms with E-state index < -0.39 is 17.8 Å². The van der Waals surface area contributed by atoms with Gasteiger partial charge in [-0.05, 0) is 12.1 Å². The van der Waals surface area contributed by atoms with E-state index in [9.17, 15) is 4.39 Å². The maximum atomic E-state index is 14.1. The first-order valence-electron chi connectivity index (χ1n) is 6.77. The lowest BCUT2D eigenvalue weighted by molar-refractivity contribution is -0.0974. The van der Waals surface area contributed by atoms with Gasteiger partial charge in [0.15, 0.2) is 5.75 Å². The van der Waals surface area contributed by atoms with Gasteiger partial charge >= 0.3 is 0 Å². The molecule has 0 amide bonds. The first-order chi connectivity index (χ1) is 10.2. The van der Waals surface area contributed by atoms with Crippen molar-refractivity contribution in [1.82, 2.24) is 10.3 Å². The molecule has 0 saturated carbocycles. The lowest BCUT2D eigenvalue weighted by Crippen LogP contribution is -2.56. The van der Waals surface area contributed by atoms with Gasteiger partial charge in [-0.15, -0.1) is 0 Å². The second kappa shape index (κ2) is 4.49. The molecule has 1 saturated heterocycles. The molecule has 2 atom stereocenters. The van der Waals surface area contributed by atoms with E-state index in [2.05, 4.69) is 10.3 Å². The van der Waals surface area contributed by atoms with Crippen molar-refractivity contribution in [2.45, 2.75) is 11.8 Å². The van der Waals surface area contributed by atoms with Crippen LogP contribution >= 0.6 is 0 Å². The van der Waals surface area contributed by atoms with E-state index in [4.69, 9.17) is 15.2 Å². The Morgan fingerprint density at radius 1 is 1.29 bits per heavy atom. The van der Waals surface area contributed by atoms with Gasteiger partial charge in [0, 0.05) is 30.4 Å². The molecular weight excluding hydrogens is 273 g/mol. The van der Waals surface area contributed by atoms with Gasteiger partial charge in [0.05, 0.1) is 0 Å². The highest BCUT2D eigenvalue weighted by Gasteiger charge is 2.47. The summed E-state index contributed by atoms with van der Waals surface area (Å²) in [6.07, 6.45) is 0.936. The van der Waals surface area contributed by atoms with Gasteiger partial charge in [0.1, 0.15) is 17.6 Å². The van der Waals surface area contributed by atoms with Crippen molar-refractivity contribution in [3.8, 4) is 11.5 Å². The molecule has 0 aliphatic carbocycles. The summed E-state index contributed by atoms with van der Waals surface area (Å²) in [5, 5.41) is 3.25. The van der Waals surface area contributed by atoms with Gasteiger partial charge in [-0.25, -0.2) is 4.98 Å². The number of ether oxygens (including phenoxy) is 2. The third-order valence-corrected chi connectivity index (χ3v) is 3.90. The number of pyridine rings is 1. The monoisotopic (exact) mass is 287 g/mol. The van der Waals surface area contributed by atoms with Crippen molar-refractivity contribution in [2.24, 2.45) is 5.73 Å². The van der Waals surface area contributed by atoms with E-state index >= 15 is 0 Å². The largest absolute Gasteiger partial charge is 0.452 e. The number of morpholine rings is 1. The SMILES string of the molecule is NC1CNCC2(O1)c1ccccc1Oc1c2ccnc1F. The summed E-state index contributed by atoms with van der Waals surface area (Å²) < 4.78 is 25.8. The van der Waals surface area contributed by atoms with E-state index in [1.807, 2.05) is 18.2 Å². The lowest BCUT2D eigenvalue weighted by Gasteiger charge is -2.44.